The van der Waals surface area contributed by atoms with Gasteiger partial charge >= 0.3 is 0 Å². The summed E-state index contributed by atoms with van der Waals surface area (Å²) in [6.45, 7) is 0. The highest BCUT2D eigenvalue weighted by molar-refractivity contribution is 7.99. The predicted octanol–water partition coefficient (Wildman–Crippen LogP) is 4.00. The van der Waals surface area contributed by atoms with E-state index in [2.05, 4.69) is 20.5 Å². The first-order valence-electron chi connectivity index (χ1n) is 7.50. The Balaban J connectivity index is 1.62. The Morgan fingerprint density at radius 1 is 1.35 bits per heavy atom. The third-order valence-electron chi connectivity index (χ3n) is 3.36. The number of amides is 1. The van der Waals surface area contributed by atoms with Crippen molar-refractivity contribution in [2.75, 3.05) is 18.2 Å². The number of nitrogens with one attached hydrogen (secondary N) is 2. The summed E-state index contributed by atoms with van der Waals surface area (Å²) in [5, 5.41) is 10.2. The van der Waals surface area contributed by atoms with E-state index < -0.39 is 5.82 Å². The van der Waals surface area contributed by atoms with Crippen LogP contribution >= 0.6 is 23.4 Å². The third-order valence-corrected chi connectivity index (χ3v) is 4.44. The van der Waals surface area contributed by atoms with Gasteiger partial charge in [-0.3, -0.25) is 9.89 Å². The van der Waals surface area contributed by atoms with Gasteiger partial charge in [-0.25, -0.2) is 9.37 Å². The van der Waals surface area contributed by atoms with Gasteiger partial charge in [0.2, 0.25) is 11.1 Å². The highest BCUT2D eigenvalue weighted by atomic mass is 35.5. The van der Waals surface area contributed by atoms with Crippen LogP contribution < -0.4 is 10.1 Å². The molecule has 3 aromatic rings. The molecule has 9 heteroatoms. The number of benzene rings is 2. The zero-order valence-corrected chi connectivity index (χ0v) is 15.2. The quantitative estimate of drug-likeness (QED) is 0.620. The maximum atomic E-state index is 13.8. The Hall–Kier alpha value is -2.58. The number of halogens is 2. The van der Waals surface area contributed by atoms with E-state index in [9.17, 15) is 9.18 Å². The molecule has 0 unspecified atom stereocenters. The van der Waals surface area contributed by atoms with E-state index in [0.717, 1.165) is 11.8 Å². The van der Waals surface area contributed by atoms with Crippen LogP contribution in [0.15, 0.2) is 47.6 Å². The van der Waals surface area contributed by atoms with Crippen LogP contribution in [0.25, 0.3) is 11.4 Å². The number of carbonyl (C=O) groups is 1. The minimum absolute atomic E-state index is 0.0736. The lowest BCUT2D eigenvalue weighted by Gasteiger charge is -2.09. The molecule has 0 aliphatic carbocycles. The zero-order chi connectivity index (χ0) is 18.5. The second-order valence-electron chi connectivity index (χ2n) is 5.13. The lowest BCUT2D eigenvalue weighted by Crippen LogP contribution is -2.14. The Kier molecular flexibility index (Phi) is 5.75. The third kappa shape index (κ3) is 4.33. The lowest BCUT2D eigenvalue weighted by atomic mass is 10.2. The van der Waals surface area contributed by atoms with Crippen molar-refractivity contribution in [1.82, 2.24) is 15.2 Å². The van der Waals surface area contributed by atoms with Gasteiger partial charge in [0, 0.05) is 5.02 Å². The summed E-state index contributed by atoms with van der Waals surface area (Å²) in [6.07, 6.45) is 0. The predicted molar refractivity (Wildman–Crippen MR) is 99.1 cm³/mol. The van der Waals surface area contributed by atoms with Crippen LogP contribution in [0, 0.1) is 5.82 Å². The van der Waals surface area contributed by atoms with Crippen LogP contribution in [-0.4, -0.2) is 34.0 Å². The highest BCUT2D eigenvalue weighted by Gasteiger charge is 2.13. The van der Waals surface area contributed by atoms with Gasteiger partial charge in [-0.05, 0) is 30.3 Å². The van der Waals surface area contributed by atoms with E-state index >= 15 is 0 Å². The minimum atomic E-state index is -0.397. The molecule has 6 nitrogen and oxygen atoms in total. The largest absolute Gasteiger partial charge is 0.495 e. The number of carbonyl (C=O) groups excluding carboxylic acids is 1. The first-order chi connectivity index (χ1) is 12.6. The van der Waals surface area contributed by atoms with Gasteiger partial charge in [0.1, 0.15) is 11.6 Å². The van der Waals surface area contributed by atoms with Crippen molar-refractivity contribution >= 4 is 35.0 Å². The van der Waals surface area contributed by atoms with Gasteiger partial charge < -0.3 is 10.1 Å². The molecule has 3 rings (SSSR count). The Morgan fingerprint density at radius 3 is 2.92 bits per heavy atom. The van der Waals surface area contributed by atoms with E-state index in [4.69, 9.17) is 16.3 Å². The highest BCUT2D eigenvalue weighted by Crippen LogP contribution is 2.28. The van der Waals surface area contributed by atoms with Gasteiger partial charge in [0.05, 0.1) is 24.1 Å². The number of hydrogen-bond acceptors (Lipinski definition) is 5. The summed E-state index contributed by atoms with van der Waals surface area (Å²) in [7, 11) is 1.51. The monoisotopic (exact) mass is 392 g/mol. The van der Waals surface area contributed by atoms with Crippen LogP contribution in [-0.2, 0) is 4.79 Å². The Bertz CT molecular complexity index is 935. The summed E-state index contributed by atoms with van der Waals surface area (Å²) >= 11 is 7.06. The fraction of sp³-hybridized carbons (Fsp3) is 0.118. The summed E-state index contributed by atoms with van der Waals surface area (Å²) in [5.74, 6) is 0.221. The molecule has 0 bridgehead atoms. The SMILES string of the molecule is COc1ccc(Cl)cc1NC(=O)CSc1n[nH]c(-c2ccccc2F)n1. The zero-order valence-electron chi connectivity index (χ0n) is 13.6. The number of methoxy groups -OCH3 is 1. The molecule has 0 aliphatic heterocycles. The smallest absolute Gasteiger partial charge is 0.234 e. The molecule has 1 heterocycles. The average molecular weight is 393 g/mol. The van der Waals surface area contributed by atoms with Crippen molar-refractivity contribution < 1.29 is 13.9 Å². The number of aromatic amines is 1. The van der Waals surface area contributed by atoms with Gasteiger partial charge in [-0.2, -0.15) is 0 Å². The Labute approximate surface area is 158 Å². The molecule has 26 heavy (non-hydrogen) atoms. The van der Waals surface area contributed by atoms with Crippen LogP contribution in [0.1, 0.15) is 0 Å². The molecule has 1 aromatic heterocycles. The first kappa shape index (κ1) is 18.2. The van der Waals surface area contributed by atoms with Gasteiger partial charge in [-0.1, -0.05) is 35.5 Å². The first-order valence-corrected chi connectivity index (χ1v) is 8.86. The van der Waals surface area contributed by atoms with Crippen molar-refractivity contribution in [3.8, 4) is 17.1 Å². The van der Waals surface area contributed by atoms with E-state index in [1.807, 2.05) is 0 Å². The second kappa shape index (κ2) is 8.20. The van der Waals surface area contributed by atoms with Crippen LogP contribution in [0.4, 0.5) is 10.1 Å². The van der Waals surface area contributed by atoms with E-state index in [1.54, 1.807) is 36.4 Å². The van der Waals surface area contributed by atoms with Crippen molar-refractivity contribution in [2.24, 2.45) is 0 Å². The van der Waals surface area contributed by atoms with Crippen molar-refractivity contribution in [3.05, 3.63) is 53.3 Å². The normalized spacial score (nSPS) is 10.6. The van der Waals surface area contributed by atoms with Crippen LogP contribution in [0.5, 0.6) is 5.75 Å². The maximum absolute atomic E-state index is 13.8. The van der Waals surface area contributed by atoms with Crippen LogP contribution in [0.3, 0.4) is 0 Å². The summed E-state index contributed by atoms with van der Waals surface area (Å²) in [6, 6.07) is 11.2. The standard InChI is InChI=1S/C17H14ClFN4O2S/c1-25-14-7-6-10(18)8-13(14)20-15(24)9-26-17-21-16(22-23-17)11-4-2-3-5-12(11)19/h2-8H,9H2,1H3,(H,20,24)(H,21,22,23). The Morgan fingerprint density at radius 2 is 2.15 bits per heavy atom. The van der Waals surface area contributed by atoms with E-state index in [1.165, 1.54) is 13.2 Å². The molecule has 2 aromatic carbocycles. The van der Waals surface area contributed by atoms with Gasteiger partial charge in [-0.15, -0.1) is 5.10 Å². The molecule has 0 spiro atoms. The number of hydrogen-bond donors (Lipinski definition) is 2. The number of nitrogens with zero attached hydrogens (tertiary/aromatic N) is 2. The molecular weight excluding hydrogens is 379 g/mol. The van der Waals surface area contributed by atoms with Crippen molar-refractivity contribution in [1.29, 1.82) is 0 Å². The summed E-state index contributed by atoms with van der Waals surface area (Å²) < 4.78 is 18.9. The van der Waals surface area contributed by atoms with Crippen molar-refractivity contribution in [2.45, 2.75) is 5.16 Å². The fourth-order valence-electron chi connectivity index (χ4n) is 2.18. The average Bonchev–Trinajstić information content (AvgIpc) is 3.09. The van der Waals surface area contributed by atoms with Gasteiger partial charge in [0.15, 0.2) is 5.82 Å². The summed E-state index contributed by atoms with van der Waals surface area (Å²) in [4.78, 5) is 16.3. The molecule has 2 N–H and O–H groups in total. The second-order valence-corrected chi connectivity index (χ2v) is 6.51. The molecular formula is C17H14ClFN4O2S. The molecule has 0 aliphatic rings. The van der Waals surface area contributed by atoms with Gasteiger partial charge in [0.25, 0.3) is 0 Å². The van der Waals surface area contributed by atoms with E-state index in [0.29, 0.717) is 33.0 Å². The molecule has 1 amide bonds. The number of thioether (sulfide) groups is 1. The number of ether oxygens (including phenoxy) is 1. The number of aromatic nitrogens is 3. The molecule has 0 atom stereocenters. The number of anilines is 1. The number of rotatable bonds is 6. The fourth-order valence-corrected chi connectivity index (χ4v) is 2.95. The van der Waals surface area contributed by atoms with Crippen molar-refractivity contribution in [3.63, 3.8) is 0 Å². The lowest BCUT2D eigenvalue weighted by molar-refractivity contribution is -0.113. The molecule has 0 saturated carbocycles. The van der Waals surface area contributed by atoms with E-state index in [-0.39, 0.29) is 11.7 Å². The molecule has 134 valence electrons. The topological polar surface area (TPSA) is 79.9 Å². The molecule has 0 fully saturated rings. The molecule has 0 saturated heterocycles. The minimum Gasteiger partial charge on any atom is -0.495 e. The molecule has 0 radical (unpaired) electrons. The number of H-pyrrole nitrogens is 1. The summed E-state index contributed by atoms with van der Waals surface area (Å²) in [5.41, 5.74) is 0.799. The van der Waals surface area contributed by atoms with Crippen LogP contribution in [0.2, 0.25) is 5.02 Å². The maximum Gasteiger partial charge on any atom is 0.234 e.